The molecule has 0 aliphatic carbocycles. The third kappa shape index (κ3) is 6.31. The Balaban J connectivity index is 2.38. The monoisotopic (exact) mass is 361 g/mol. The molecule has 1 rings (SSSR count). The van der Waals surface area contributed by atoms with E-state index in [0.717, 1.165) is 12.1 Å². The van der Waals surface area contributed by atoms with Crippen LogP contribution in [0.5, 0.6) is 0 Å². The van der Waals surface area contributed by atoms with Crippen molar-refractivity contribution in [1.82, 2.24) is 20.5 Å². The Hall–Kier alpha value is -1.40. The van der Waals surface area contributed by atoms with Crippen LogP contribution in [0, 0.1) is 0 Å². The van der Waals surface area contributed by atoms with Gasteiger partial charge in [0.15, 0.2) is 5.96 Å². The molecule has 0 saturated heterocycles. The molecule has 0 fully saturated rings. The molecule has 1 aromatic rings. The summed E-state index contributed by atoms with van der Waals surface area (Å²) in [6.45, 7) is 5.07. The van der Waals surface area contributed by atoms with E-state index < -0.39 is 0 Å². The maximum Gasteiger partial charge on any atom is 0.221 e. The van der Waals surface area contributed by atoms with Crippen LogP contribution in [0.1, 0.15) is 32.4 Å². The number of amides is 1. The third-order valence-electron chi connectivity index (χ3n) is 3.54. The van der Waals surface area contributed by atoms with Gasteiger partial charge in [-0.3, -0.25) is 9.79 Å². The molecule has 0 aromatic carbocycles. The minimum Gasteiger partial charge on any atom is -0.356 e. The van der Waals surface area contributed by atoms with Crippen LogP contribution in [-0.4, -0.2) is 36.1 Å². The van der Waals surface area contributed by atoms with Crippen LogP contribution in [0.3, 0.4) is 0 Å². The summed E-state index contributed by atoms with van der Waals surface area (Å²) in [5, 5.41) is 10.2. The smallest absolute Gasteiger partial charge is 0.221 e. The number of carbonyl (C=O) groups is 1. The number of halogens is 2. The maximum atomic E-state index is 11.7. The van der Waals surface area contributed by atoms with Gasteiger partial charge in [-0.2, -0.15) is 0 Å². The summed E-state index contributed by atoms with van der Waals surface area (Å²) in [6.07, 6.45) is 1.32. The van der Waals surface area contributed by atoms with Crippen molar-refractivity contribution in [2.75, 3.05) is 13.6 Å². The van der Waals surface area contributed by atoms with Gasteiger partial charge in [-0.25, -0.2) is 0 Å². The standard InChI is InChI=1S/C15H25Cl2N5O/c1-5-10(2)21-13(23)6-7-19-15(18-3)20-9-11-8-12(16)14(17)22(11)4/h8,10H,5-7,9H2,1-4H3,(H,21,23)(H2,18,19,20). The van der Waals surface area contributed by atoms with Gasteiger partial charge >= 0.3 is 0 Å². The van der Waals surface area contributed by atoms with Gasteiger partial charge in [0, 0.05) is 38.8 Å². The first-order valence-electron chi connectivity index (χ1n) is 7.62. The van der Waals surface area contributed by atoms with Gasteiger partial charge in [0.05, 0.1) is 11.6 Å². The number of hydrogen-bond acceptors (Lipinski definition) is 2. The minimum atomic E-state index is 0.0308. The summed E-state index contributed by atoms with van der Waals surface area (Å²) in [5.74, 6) is 0.651. The van der Waals surface area contributed by atoms with E-state index in [-0.39, 0.29) is 11.9 Å². The molecular formula is C15H25Cl2N5O. The molecule has 6 nitrogen and oxygen atoms in total. The lowest BCUT2D eigenvalue weighted by molar-refractivity contribution is -0.121. The third-order valence-corrected chi connectivity index (χ3v) is 4.38. The van der Waals surface area contributed by atoms with Gasteiger partial charge in [0.25, 0.3) is 0 Å². The van der Waals surface area contributed by atoms with Crippen LogP contribution in [-0.2, 0) is 18.4 Å². The molecule has 3 N–H and O–H groups in total. The Morgan fingerprint density at radius 1 is 1.39 bits per heavy atom. The van der Waals surface area contributed by atoms with E-state index in [4.69, 9.17) is 23.2 Å². The Kier molecular flexibility index (Phi) is 8.26. The van der Waals surface area contributed by atoms with Crippen LogP contribution >= 0.6 is 23.2 Å². The highest BCUT2D eigenvalue weighted by molar-refractivity contribution is 6.41. The average Bonchev–Trinajstić information content (AvgIpc) is 2.77. The van der Waals surface area contributed by atoms with E-state index in [1.54, 1.807) is 7.05 Å². The molecule has 1 unspecified atom stereocenters. The molecule has 0 radical (unpaired) electrons. The fraction of sp³-hybridized carbons (Fsp3) is 0.600. The highest BCUT2D eigenvalue weighted by atomic mass is 35.5. The van der Waals surface area contributed by atoms with Crippen molar-refractivity contribution >= 4 is 35.1 Å². The minimum absolute atomic E-state index is 0.0308. The topological polar surface area (TPSA) is 70.4 Å². The molecule has 130 valence electrons. The quantitative estimate of drug-likeness (QED) is 0.515. The molecule has 8 heteroatoms. The molecule has 0 saturated carbocycles. The number of aliphatic imine (C=N–C) groups is 1. The Morgan fingerprint density at radius 2 is 2.09 bits per heavy atom. The largest absolute Gasteiger partial charge is 0.356 e. The summed E-state index contributed by atoms with van der Waals surface area (Å²) in [5.41, 5.74) is 0.942. The number of nitrogens with zero attached hydrogens (tertiary/aromatic N) is 2. The zero-order valence-corrected chi connectivity index (χ0v) is 15.6. The predicted octanol–water partition coefficient (Wildman–Crippen LogP) is 2.30. The lowest BCUT2D eigenvalue weighted by Gasteiger charge is -2.14. The predicted molar refractivity (Wildman–Crippen MR) is 96.1 cm³/mol. The van der Waals surface area contributed by atoms with Crippen molar-refractivity contribution in [3.63, 3.8) is 0 Å². The van der Waals surface area contributed by atoms with Crippen LogP contribution < -0.4 is 16.0 Å². The molecule has 1 amide bonds. The summed E-state index contributed by atoms with van der Waals surface area (Å²) < 4.78 is 1.81. The highest BCUT2D eigenvalue weighted by Gasteiger charge is 2.10. The van der Waals surface area contributed by atoms with Crippen LogP contribution in [0.15, 0.2) is 11.1 Å². The molecule has 0 aliphatic rings. The first-order valence-corrected chi connectivity index (χ1v) is 8.38. The van der Waals surface area contributed by atoms with Gasteiger partial charge in [0.1, 0.15) is 5.15 Å². The van der Waals surface area contributed by atoms with Crippen molar-refractivity contribution in [2.24, 2.45) is 12.0 Å². The van der Waals surface area contributed by atoms with Gasteiger partial charge < -0.3 is 20.5 Å². The first-order chi connectivity index (χ1) is 10.9. The molecule has 23 heavy (non-hydrogen) atoms. The number of aromatic nitrogens is 1. The summed E-state index contributed by atoms with van der Waals surface area (Å²) in [6, 6.07) is 2.01. The Labute approximate surface area is 147 Å². The Morgan fingerprint density at radius 3 is 2.61 bits per heavy atom. The van der Waals surface area contributed by atoms with Crippen molar-refractivity contribution in [2.45, 2.75) is 39.3 Å². The molecular weight excluding hydrogens is 337 g/mol. The number of hydrogen-bond donors (Lipinski definition) is 3. The first kappa shape index (κ1) is 19.6. The second-order valence-electron chi connectivity index (χ2n) is 5.31. The second-order valence-corrected chi connectivity index (χ2v) is 6.08. The van der Waals surface area contributed by atoms with E-state index in [1.807, 2.05) is 31.5 Å². The summed E-state index contributed by atoms with van der Waals surface area (Å²) in [7, 11) is 3.53. The molecule has 0 aliphatic heterocycles. The normalized spacial score (nSPS) is 12.9. The zero-order chi connectivity index (χ0) is 17.4. The number of guanidine groups is 1. The van der Waals surface area contributed by atoms with Crippen LogP contribution in [0.2, 0.25) is 10.2 Å². The van der Waals surface area contributed by atoms with Gasteiger partial charge in [-0.1, -0.05) is 30.1 Å². The summed E-state index contributed by atoms with van der Waals surface area (Å²) in [4.78, 5) is 15.8. The number of nitrogens with one attached hydrogen (secondary N) is 3. The zero-order valence-electron chi connectivity index (χ0n) is 14.0. The number of rotatable bonds is 7. The van der Waals surface area contributed by atoms with E-state index in [1.165, 1.54) is 0 Å². The number of carbonyl (C=O) groups excluding carboxylic acids is 1. The average molecular weight is 362 g/mol. The maximum absolute atomic E-state index is 11.7. The van der Waals surface area contributed by atoms with Crippen molar-refractivity contribution in [1.29, 1.82) is 0 Å². The van der Waals surface area contributed by atoms with Gasteiger partial charge in [0.2, 0.25) is 5.91 Å². The Bertz CT molecular complexity index is 556. The van der Waals surface area contributed by atoms with Crippen LogP contribution in [0.25, 0.3) is 0 Å². The van der Waals surface area contributed by atoms with Gasteiger partial charge in [-0.15, -0.1) is 0 Å². The SMILES string of the molecule is CCC(C)NC(=O)CCNC(=NC)NCc1cc(Cl)c(Cl)n1C. The fourth-order valence-electron chi connectivity index (χ4n) is 1.90. The van der Waals surface area contributed by atoms with E-state index >= 15 is 0 Å². The van der Waals surface area contributed by atoms with Crippen molar-refractivity contribution in [3.8, 4) is 0 Å². The van der Waals surface area contributed by atoms with E-state index in [0.29, 0.717) is 35.6 Å². The van der Waals surface area contributed by atoms with Crippen LogP contribution in [0.4, 0.5) is 0 Å². The van der Waals surface area contributed by atoms with Crippen molar-refractivity contribution < 1.29 is 4.79 Å². The highest BCUT2D eigenvalue weighted by Crippen LogP contribution is 2.24. The molecule has 1 heterocycles. The fourth-order valence-corrected chi connectivity index (χ4v) is 2.31. The lowest BCUT2D eigenvalue weighted by Crippen LogP contribution is -2.40. The van der Waals surface area contributed by atoms with Gasteiger partial charge in [-0.05, 0) is 19.4 Å². The molecule has 1 atom stereocenters. The van der Waals surface area contributed by atoms with Crippen molar-refractivity contribution in [3.05, 3.63) is 21.9 Å². The lowest BCUT2D eigenvalue weighted by atomic mass is 10.2. The van der Waals surface area contributed by atoms with E-state index in [9.17, 15) is 4.79 Å². The summed E-state index contributed by atoms with van der Waals surface area (Å²) >= 11 is 12.0. The second kappa shape index (κ2) is 9.67. The molecule has 0 spiro atoms. The molecule has 0 bridgehead atoms. The van der Waals surface area contributed by atoms with E-state index in [2.05, 4.69) is 20.9 Å². The molecule has 1 aromatic heterocycles.